The Morgan fingerprint density at radius 1 is 1.31 bits per heavy atom. The molecular formula is C10H20N2Si. The lowest BCUT2D eigenvalue weighted by atomic mass is 9.99. The normalized spacial score (nSPS) is 21.4. The highest BCUT2D eigenvalue weighted by atomic mass is 28.3. The minimum Gasteiger partial charge on any atom is -0.306 e. The molecule has 74 valence electrons. The van der Waals surface area contributed by atoms with Crippen LogP contribution in [0.1, 0.15) is 12.8 Å². The summed E-state index contributed by atoms with van der Waals surface area (Å²) in [5.41, 5.74) is 0. The van der Waals surface area contributed by atoms with Gasteiger partial charge >= 0.3 is 0 Å². The maximum absolute atomic E-state index is 8.75. The Labute approximate surface area is 82.6 Å². The number of piperidine rings is 1. The molecule has 0 unspecified atom stereocenters. The van der Waals surface area contributed by atoms with E-state index in [-0.39, 0.29) is 0 Å². The summed E-state index contributed by atoms with van der Waals surface area (Å²) >= 11 is 0. The lowest BCUT2D eigenvalue weighted by Gasteiger charge is -2.33. The summed E-state index contributed by atoms with van der Waals surface area (Å²) in [6.07, 6.45) is 3.47. The largest absolute Gasteiger partial charge is 0.306 e. The number of hydrogen-bond acceptors (Lipinski definition) is 2. The summed E-state index contributed by atoms with van der Waals surface area (Å²) in [6, 6.07) is 2.37. The molecule has 0 N–H and O–H groups in total. The van der Waals surface area contributed by atoms with Crippen LogP contribution in [0.4, 0.5) is 0 Å². The van der Waals surface area contributed by atoms with Gasteiger partial charge in [0, 0.05) is 5.92 Å². The molecule has 0 aromatic heterocycles. The third kappa shape index (κ3) is 3.92. The van der Waals surface area contributed by atoms with E-state index < -0.39 is 8.07 Å². The molecule has 2 nitrogen and oxygen atoms in total. The predicted octanol–water partition coefficient (Wildman–Crippen LogP) is 2.10. The van der Waals surface area contributed by atoms with E-state index in [0.717, 1.165) is 25.9 Å². The van der Waals surface area contributed by atoms with E-state index >= 15 is 0 Å². The minimum absolute atomic E-state index is 0.331. The monoisotopic (exact) mass is 196 g/mol. The second-order valence-corrected chi connectivity index (χ2v) is 10.7. The molecule has 13 heavy (non-hydrogen) atoms. The lowest BCUT2D eigenvalue weighted by molar-refractivity contribution is 0.232. The number of hydrogen-bond donors (Lipinski definition) is 0. The highest BCUT2D eigenvalue weighted by Crippen LogP contribution is 2.17. The highest BCUT2D eigenvalue weighted by molar-refractivity contribution is 6.76. The van der Waals surface area contributed by atoms with Gasteiger partial charge in [-0.05, 0) is 32.1 Å². The predicted molar refractivity (Wildman–Crippen MR) is 58.1 cm³/mol. The van der Waals surface area contributed by atoms with Gasteiger partial charge in [-0.3, -0.25) is 0 Å². The topological polar surface area (TPSA) is 27.0 Å². The van der Waals surface area contributed by atoms with Crippen LogP contribution in [0.5, 0.6) is 0 Å². The number of nitrogens with zero attached hydrogens (tertiary/aromatic N) is 2. The fourth-order valence-electron chi connectivity index (χ4n) is 1.89. The van der Waals surface area contributed by atoms with E-state index in [1.54, 1.807) is 0 Å². The molecule has 0 aliphatic carbocycles. The van der Waals surface area contributed by atoms with Gasteiger partial charge in [-0.15, -0.1) is 0 Å². The quantitative estimate of drug-likeness (QED) is 0.632. The average molecular weight is 196 g/mol. The van der Waals surface area contributed by atoms with E-state index in [1.165, 1.54) is 6.17 Å². The molecule has 0 amide bonds. The van der Waals surface area contributed by atoms with Crippen LogP contribution in [0.3, 0.4) is 0 Å². The number of nitriles is 1. The van der Waals surface area contributed by atoms with Crippen LogP contribution in [-0.2, 0) is 0 Å². The molecule has 1 aliphatic rings. The van der Waals surface area contributed by atoms with Gasteiger partial charge in [0.25, 0.3) is 0 Å². The molecular weight excluding hydrogens is 176 g/mol. The van der Waals surface area contributed by atoms with E-state index in [2.05, 4.69) is 30.6 Å². The van der Waals surface area contributed by atoms with E-state index in [0.29, 0.717) is 5.92 Å². The van der Waals surface area contributed by atoms with Gasteiger partial charge in [-0.25, -0.2) is 0 Å². The van der Waals surface area contributed by atoms with Crippen molar-refractivity contribution in [3.63, 3.8) is 0 Å². The van der Waals surface area contributed by atoms with Crippen LogP contribution in [0.25, 0.3) is 0 Å². The van der Waals surface area contributed by atoms with Gasteiger partial charge < -0.3 is 4.90 Å². The second kappa shape index (κ2) is 4.25. The van der Waals surface area contributed by atoms with Crippen LogP contribution >= 0.6 is 0 Å². The Kier molecular flexibility index (Phi) is 3.52. The number of rotatable bonds is 2. The maximum atomic E-state index is 8.75. The summed E-state index contributed by atoms with van der Waals surface area (Å²) in [7, 11) is -0.934. The van der Waals surface area contributed by atoms with Gasteiger partial charge in [-0.2, -0.15) is 5.26 Å². The first-order chi connectivity index (χ1) is 6.01. The van der Waals surface area contributed by atoms with Crippen LogP contribution in [0, 0.1) is 17.2 Å². The second-order valence-electron chi connectivity index (χ2n) is 5.24. The molecule has 3 heteroatoms. The summed E-state index contributed by atoms with van der Waals surface area (Å²) in [6.45, 7) is 9.50. The molecule has 0 atom stereocenters. The first-order valence-corrected chi connectivity index (χ1v) is 8.84. The zero-order chi connectivity index (χ0) is 9.90. The van der Waals surface area contributed by atoms with E-state index in [1.807, 2.05) is 0 Å². The van der Waals surface area contributed by atoms with Crippen LogP contribution in [-0.4, -0.2) is 32.2 Å². The van der Waals surface area contributed by atoms with Crippen molar-refractivity contribution >= 4 is 8.07 Å². The molecule has 1 fully saturated rings. The van der Waals surface area contributed by atoms with Crippen molar-refractivity contribution in [2.24, 2.45) is 5.92 Å². The van der Waals surface area contributed by atoms with Crippen molar-refractivity contribution in [3.05, 3.63) is 0 Å². The summed E-state index contributed by atoms with van der Waals surface area (Å²) in [5.74, 6) is 0.331. The van der Waals surface area contributed by atoms with E-state index in [9.17, 15) is 0 Å². The Morgan fingerprint density at radius 2 is 1.85 bits per heavy atom. The molecule has 1 aliphatic heterocycles. The van der Waals surface area contributed by atoms with Crippen molar-refractivity contribution in [3.8, 4) is 6.07 Å². The Bertz CT molecular complexity index is 194. The molecule has 0 bridgehead atoms. The summed E-state index contributed by atoms with van der Waals surface area (Å²) in [4.78, 5) is 2.54. The zero-order valence-corrected chi connectivity index (χ0v) is 10.0. The fourth-order valence-corrected chi connectivity index (χ4v) is 3.55. The van der Waals surface area contributed by atoms with Crippen LogP contribution in [0.15, 0.2) is 0 Å². The maximum Gasteiger partial charge on any atom is 0.0656 e. The van der Waals surface area contributed by atoms with Crippen molar-refractivity contribution in [2.45, 2.75) is 32.5 Å². The van der Waals surface area contributed by atoms with Gasteiger partial charge in [0.15, 0.2) is 0 Å². The molecule has 0 spiro atoms. The first-order valence-electron chi connectivity index (χ1n) is 5.13. The third-order valence-electron chi connectivity index (χ3n) is 2.47. The fraction of sp³-hybridized carbons (Fsp3) is 0.900. The van der Waals surface area contributed by atoms with Crippen molar-refractivity contribution in [1.29, 1.82) is 5.26 Å². The minimum atomic E-state index is -0.934. The number of likely N-dealkylation sites (tertiary alicyclic amines) is 1. The highest BCUT2D eigenvalue weighted by Gasteiger charge is 2.23. The standard InChI is InChI=1S/C10H20N2Si/c1-13(2,3)9-12-6-4-10(8-11)5-7-12/h10H,4-7,9H2,1-3H3. The SMILES string of the molecule is C[Si](C)(C)CN1CCC(C#N)CC1. The zero-order valence-electron chi connectivity index (χ0n) is 9.01. The summed E-state index contributed by atoms with van der Waals surface area (Å²) in [5, 5.41) is 8.75. The lowest BCUT2D eigenvalue weighted by Crippen LogP contribution is -2.44. The van der Waals surface area contributed by atoms with Crippen molar-refractivity contribution in [1.82, 2.24) is 4.90 Å². The molecule has 0 radical (unpaired) electrons. The van der Waals surface area contributed by atoms with Crippen LogP contribution < -0.4 is 0 Å². The van der Waals surface area contributed by atoms with Crippen molar-refractivity contribution in [2.75, 3.05) is 19.3 Å². The molecule has 1 rings (SSSR count). The first kappa shape index (κ1) is 10.7. The Morgan fingerprint density at radius 3 is 2.23 bits per heavy atom. The molecule has 1 saturated heterocycles. The molecule has 0 saturated carbocycles. The van der Waals surface area contributed by atoms with Gasteiger partial charge in [0.1, 0.15) is 0 Å². The smallest absolute Gasteiger partial charge is 0.0656 e. The van der Waals surface area contributed by atoms with Gasteiger partial charge in [0.05, 0.1) is 14.1 Å². The van der Waals surface area contributed by atoms with Gasteiger partial charge in [0.2, 0.25) is 0 Å². The molecule has 0 aromatic rings. The van der Waals surface area contributed by atoms with Gasteiger partial charge in [-0.1, -0.05) is 19.6 Å². The Balaban J connectivity index is 2.30. The van der Waals surface area contributed by atoms with Crippen LogP contribution in [0.2, 0.25) is 19.6 Å². The summed E-state index contributed by atoms with van der Waals surface area (Å²) < 4.78 is 0. The molecule has 1 heterocycles. The third-order valence-corrected chi connectivity index (χ3v) is 3.86. The molecule has 0 aromatic carbocycles. The van der Waals surface area contributed by atoms with Crippen molar-refractivity contribution < 1.29 is 0 Å². The average Bonchev–Trinajstić information content (AvgIpc) is 2.03. The Hall–Kier alpha value is -0.333. The van der Waals surface area contributed by atoms with E-state index in [4.69, 9.17) is 5.26 Å².